The first-order valence-corrected chi connectivity index (χ1v) is 3.53. The normalized spacial score (nSPS) is 13.5. The summed E-state index contributed by atoms with van der Waals surface area (Å²) in [6, 6.07) is 2.59. The van der Waals surface area contributed by atoms with Crippen LogP contribution in [0.1, 0.15) is 18.5 Å². The summed E-state index contributed by atoms with van der Waals surface area (Å²) in [6.45, 7) is 2.15. The lowest BCUT2D eigenvalue weighted by molar-refractivity contribution is 0.651. The van der Waals surface area contributed by atoms with Crippen LogP contribution in [0.5, 0.6) is 0 Å². The van der Waals surface area contributed by atoms with Gasteiger partial charge in [-0.05, 0) is 25.6 Å². The lowest BCUT2D eigenvalue weighted by atomic mass is 10.2. The van der Waals surface area contributed by atoms with E-state index in [-0.39, 0.29) is 0 Å². The SMILES string of the molecule is CNC(C)c1ccn(C)c1. The average molecular weight is 138 g/mol. The van der Waals surface area contributed by atoms with Gasteiger partial charge in [0.25, 0.3) is 0 Å². The van der Waals surface area contributed by atoms with Gasteiger partial charge in [0.2, 0.25) is 0 Å². The van der Waals surface area contributed by atoms with E-state index in [4.69, 9.17) is 0 Å². The van der Waals surface area contributed by atoms with Crippen molar-refractivity contribution in [1.29, 1.82) is 0 Å². The zero-order chi connectivity index (χ0) is 7.56. The van der Waals surface area contributed by atoms with Crippen LogP contribution in [0, 0.1) is 0 Å². The van der Waals surface area contributed by atoms with Crippen molar-refractivity contribution in [3.8, 4) is 0 Å². The van der Waals surface area contributed by atoms with E-state index in [1.54, 1.807) is 0 Å². The molecule has 10 heavy (non-hydrogen) atoms. The molecule has 0 aliphatic heterocycles. The highest BCUT2D eigenvalue weighted by molar-refractivity contribution is 5.13. The summed E-state index contributed by atoms with van der Waals surface area (Å²) in [5.41, 5.74) is 1.34. The molecule has 1 rings (SSSR count). The summed E-state index contributed by atoms with van der Waals surface area (Å²) in [4.78, 5) is 0. The van der Waals surface area contributed by atoms with Crippen LogP contribution in [0.3, 0.4) is 0 Å². The highest BCUT2D eigenvalue weighted by atomic mass is 14.9. The number of aryl methyl sites for hydroxylation is 1. The van der Waals surface area contributed by atoms with E-state index in [1.165, 1.54) is 5.56 Å². The van der Waals surface area contributed by atoms with Crippen molar-refractivity contribution in [2.45, 2.75) is 13.0 Å². The fourth-order valence-electron chi connectivity index (χ4n) is 0.948. The molecule has 1 unspecified atom stereocenters. The summed E-state index contributed by atoms with van der Waals surface area (Å²) in [5.74, 6) is 0. The predicted octanol–water partition coefficient (Wildman–Crippen LogP) is 1.31. The Balaban J connectivity index is 2.74. The Kier molecular flexibility index (Phi) is 2.12. The molecule has 0 saturated heterocycles. The van der Waals surface area contributed by atoms with E-state index in [1.807, 2.05) is 14.1 Å². The molecule has 1 N–H and O–H groups in total. The molecule has 0 aliphatic rings. The van der Waals surface area contributed by atoms with Crippen molar-refractivity contribution in [2.24, 2.45) is 7.05 Å². The second-order valence-corrected chi connectivity index (χ2v) is 2.62. The number of aromatic nitrogens is 1. The minimum Gasteiger partial charge on any atom is -0.357 e. The molecule has 1 atom stereocenters. The minimum absolute atomic E-state index is 0.459. The molecule has 56 valence electrons. The Hall–Kier alpha value is -0.760. The maximum atomic E-state index is 3.18. The smallest absolute Gasteiger partial charge is 0.0304 e. The third-order valence-electron chi connectivity index (χ3n) is 1.79. The Morgan fingerprint density at radius 2 is 2.30 bits per heavy atom. The molecule has 0 bridgehead atoms. The zero-order valence-electron chi connectivity index (χ0n) is 6.76. The number of hydrogen-bond acceptors (Lipinski definition) is 1. The lowest BCUT2D eigenvalue weighted by Gasteiger charge is -2.05. The van der Waals surface area contributed by atoms with Crippen LogP contribution in [-0.4, -0.2) is 11.6 Å². The number of nitrogens with one attached hydrogen (secondary N) is 1. The predicted molar refractivity (Wildman–Crippen MR) is 42.9 cm³/mol. The highest BCUT2D eigenvalue weighted by Crippen LogP contribution is 2.10. The summed E-state index contributed by atoms with van der Waals surface area (Å²) < 4.78 is 2.06. The van der Waals surface area contributed by atoms with Crippen LogP contribution < -0.4 is 5.32 Å². The quantitative estimate of drug-likeness (QED) is 0.652. The third kappa shape index (κ3) is 1.39. The third-order valence-corrected chi connectivity index (χ3v) is 1.79. The number of rotatable bonds is 2. The van der Waals surface area contributed by atoms with E-state index in [0.717, 1.165) is 0 Å². The Bertz CT molecular complexity index is 203. The van der Waals surface area contributed by atoms with Gasteiger partial charge in [-0.3, -0.25) is 0 Å². The molecule has 1 aromatic rings. The molecule has 0 aromatic carbocycles. The van der Waals surface area contributed by atoms with Crippen molar-refractivity contribution in [1.82, 2.24) is 9.88 Å². The maximum Gasteiger partial charge on any atom is 0.0304 e. The summed E-state index contributed by atoms with van der Waals surface area (Å²) in [7, 11) is 4.00. The van der Waals surface area contributed by atoms with Crippen LogP contribution in [-0.2, 0) is 7.05 Å². The van der Waals surface area contributed by atoms with E-state index in [2.05, 4.69) is 35.3 Å². The molecule has 2 heteroatoms. The largest absolute Gasteiger partial charge is 0.357 e. The molecule has 2 nitrogen and oxygen atoms in total. The van der Waals surface area contributed by atoms with Gasteiger partial charge in [-0.2, -0.15) is 0 Å². The standard InChI is InChI=1S/C8H14N2/c1-7(9-2)8-4-5-10(3)6-8/h4-7,9H,1-3H3. The van der Waals surface area contributed by atoms with Gasteiger partial charge in [-0.1, -0.05) is 0 Å². The molecule has 1 aromatic heterocycles. The van der Waals surface area contributed by atoms with Crippen molar-refractivity contribution >= 4 is 0 Å². The fraction of sp³-hybridized carbons (Fsp3) is 0.500. The Morgan fingerprint density at radius 1 is 1.60 bits per heavy atom. The molecular weight excluding hydrogens is 124 g/mol. The van der Waals surface area contributed by atoms with E-state index in [0.29, 0.717) is 6.04 Å². The van der Waals surface area contributed by atoms with Gasteiger partial charge in [0, 0.05) is 25.5 Å². The maximum absolute atomic E-state index is 3.18. The number of nitrogens with zero attached hydrogens (tertiary/aromatic N) is 1. The Morgan fingerprint density at radius 3 is 2.70 bits per heavy atom. The van der Waals surface area contributed by atoms with Gasteiger partial charge in [-0.15, -0.1) is 0 Å². The summed E-state index contributed by atoms with van der Waals surface area (Å²) in [5, 5.41) is 3.18. The first-order valence-electron chi connectivity index (χ1n) is 3.53. The molecule has 0 saturated carbocycles. The van der Waals surface area contributed by atoms with Crippen molar-refractivity contribution in [3.63, 3.8) is 0 Å². The van der Waals surface area contributed by atoms with Gasteiger partial charge in [0.1, 0.15) is 0 Å². The molecule has 0 amide bonds. The van der Waals surface area contributed by atoms with Gasteiger partial charge in [0.05, 0.1) is 0 Å². The van der Waals surface area contributed by atoms with Crippen LogP contribution in [0.2, 0.25) is 0 Å². The average Bonchev–Trinajstić information content (AvgIpc) is 2.34. The van der Waals surface area contributed by atoms with Crippen molar-refractivity contribution < 1.29 is 0 Å². The fourth-order valence-corrected chi connectivity index (χ4v) is 0.948. The molecule has 0 fully saturated rings. The van der Waals surface area contributed by atoms with E-state index < -0.39 is 0 Å². The van der Waals surface area contributed by atoms with Gasteiger partial charge >= 0.3 is 0 Å². The first-order chi connectivity index (χ1) is 4.74. The first kappa shape index (κ1) is 7.35. The summed E-state index contributed by atoms with van der Waals surface area (Å²) in [6.07, 6.45) is 4.18. The topological polar surface area (TPSA) is 17.0 Å². The highest BCUT2D eigenvalue weighted by Gasteiger charge is 2.01. The number of hydrogen-bond donors (Lipinski definition) is 1. The molecule has 0 radical (unpaired) electrons. The van der Waals surface area contributed by atoms with E-state index in [9.17, 15) is 0 Å². The van der Waals surface area contributed by atoms with Crippen molar-refractivity contribution in [3.05, 3.63) is 24.0 Å². The summed E-state index contributed by atoms with van der Waals surface area (Å²) >= 11 is 0. The second kappa shape index (κ2) is 2.88. The van der Waals surface area contributed by atoms with E-state index >= 15 is 0 Å². The van der Waals surface area contributed by atoms with Gasteiger partial charge in [0.15, 0.2) is 0 Å². The van der Waals surface area contributed by atoms with Crippen LogP contribution in [0.4, 0.5) is 0 Å². The lowest BCUT2D eigenvalue weighted by Crippen LogP contribution is -2.11. The minimum atomic E-state index is 0.459. The monoisotopic (exact) mass is 138 g/mol. The Labute approximate surface area is 61.9 Å². The van der Waals surface area contributed by atoms with Crippen LogP contribution in [0.25, 0.3) is 0 Å². The molecular formula is C8H14N2. The molecule has 0 spiro atoms. The van der Waals surface area contributed by atoms with Gasteiger partial charge in [-0.25, -0.2) is 0 Å². The molecule has 1 heterocycles. The van der Waals surface area contributed by atoms with Crippen LogP contribution in [0.15, 0.2) is 18.5 Å². The van der Waals surface area contributed by atoms with Gasteiger partial charge < -0.3 is 9.88 Å². The van der Waals surface area contributed by atoms with Crippen molar-refractivity contribution in [2.75, 3.05) is 7.05 Å². The molecule has 0 aliphatic carbocycles. The second-order valence-electron chi connectivity index (χ2n) is 2.62. The zero-order valence-corrected chi connectivity index (χ0v) is 6.76. The van der Waals surface area contributed by atoms with Crippen LogP contribution >= 0.6 is 0 Å².